The van der Waals surface area contributed by atoms with Crippen LogP contribution in [0, 0.1) is 17.3 Å². The highest BCUT2D eigenvalue weighted by Crippen LogP contribution is 2.54. The zero-order chi connectivity index (χ0) is 10.7. The Morgan fingerprint density at radius 3 is 2.47 bits per heavy atom. The molecule has 0 nitrogen and oxygen atoms in total. The highest BCUT2D eigenvalue weighted by Gasteiger charge is 2.43. The Hall–Kier alpha value is 0. The van der Waals surface area contributed by atoms with E-state index in [1.807, 2.05) is 0 Å². The summed E-state index contributed by atoms with van der Waals surface area (Å²) >= 11 is 0. The molecule has 0 aliphatic heterocycles. The van der Waals surface area contributed by atoms with Crippen LogP contribution in [-0.2, 0) is 0 Å². The third kappa shape index (κ3) is 2.10. The van der Waals surface area contributed by atoms with Gasteiger partial charge in [0.1, 0.15) is 0 Å². The van der Waals surface area contributed by atoms with Crippen molar-refractivity contribution in [3.8, 4) is 0 Å². The molecule has 2 saturated carbocycles. The van der Waals surface area contributed by atoms with Crippen LogP contribution in [0.4, 0.5) is 0 Å². The van der Waals surface area contributed by atoms with Crippen molar-refractivity contribution >= 4 is 0 Å². The van der Waals surface area contributed by atoms with Gasteiger partial charge in [-0.15, -0.1) is 0 Å². The standard InChI is InChI=1S/C15H28/c1-3-11-15(4-2)12-7-9-13-8-5-6-10-14(13)15/h13-14H,3-12H2,1-2H3. The lowest BCUT2D eigenvalue weighted by Crippen LogP contribution is -2.40. The first-order valence-corrected chi connectivity index (χ1v) is 7.32. The molecule has 0 heteroatoms. The van der Waals surface area contributed by atoms with Crippen molar-refractivity contribution in [2.75, 3.05) is 0 Å². The number of hydrogen-bond acceptors (Lipinski definition) is 0. The van der Waals surface area contributed by atoms with Crippen molar-refractivity contribution in [1.29, 1.82) is 0 Å². The van der Waals surface area contributed by atoms with Gasteiger partial charge in [-0.3, -0.25) is 0 Å². The first kappa shape index (κ1) is 11.5. The molecule has 3 atom stereocenters. The molecule has 88 valence electrons. The molecule has 2 aliphatic rings. The van der Waals surface area contributed by atoms with Gasteiger partial charge in [0.2, 0.25) is 0 Å². The van der Waals surface area contributed by atoms with E-state index in [4.69, 9.17) is 0 Å². The summed E-state index contributed by atoms with van der Waals surface area (Å²) in [7, 11) is 0. The Labute approximate surface area is 95.8 Å². The van der Waals surface area contributed by atoms with E-state index < -0.39 is 0 Å². The zero-order valence-corrected chi connectivity index (χ0v) is 10.7. The smallest absolute Gasteiger partial charge is 0.0269 e. The lowest BCUT2D eigenvalue weighted by Gasteiger charge is -2.50. The van der Waals surface area contributed by atoms with Crippen molar-refractivity contribution in [2.24, 2.45) is 17.3 Å². The van der Waals surface area contributed by atoms with Gasteiger partial charge in [-0.1, -0.05) is 58.8 Å². The number of hydrogen-bond donors (Lipinski definition) is 0. The molecule has 2 fully saturated rings. The highest BCUT2D eigenvalue weighted by atomic mass is 14.5. The third-order valence-corrected chi connectivity index (χ3v) is 5.40. The molecule has 3 unspecified atom stereocenters. The Bertz CT molecular complexity index is 190. The lowest BCUT2D eigenvalue weighted by atomic mass is 9.55. The normalized spacial score (nSPS) is 41.2. The number of fused-ring (bicyclic) bond motifs is 1. The van der Waals surface area contributed by atoms with Crippen molar-refractivity contribution in [1.82, 2.24) is 0 Å². The van der Waals surface area contributed by atoms with Gasteiger partial charge in [0, 0.05) is 0 Å². The van der Waals surface area contributed by atoms with Crippen LogP contribution in [0.5, 0.6) is 0 Å². The van der Waals surface area contributed by atoms with Crippen molar-refractivity contribution in [3.63, 3.8) is 0 Å². The van der Waals surface area contributed by atoms with Crippen LogP contribution in [0.25, 0.3) is 0 Å². The third-order valence-electron chi connectivity index (χ3n) is 5.40. The zero-order valence-electron chi connectivity index (χ0n) is 10.7. The molecular formula is C15H28. The van der Waals surface area contributed by atoms with E-state index in [9.17, 15) is 0 Å². The van der Waals surface area contributed by atoms with Gasteiger partial charge >= 0.3 is 0 Å². The van der Waals surface area contributed by atoms with Gasteiger partial charge in [0.25, 0.3) is 0 Å². The molecule has 0 bridgehead atoms. The summed E-state index contributed by atoms with van der Waals surface area (Å²) < 4.78 is 0. The number of rotatable bonds is 3. The molecule has 0 N–H and O–H groups in total. The van der Waals surface area contributed by atoms with Gasteiger partial charge in [0.05, 0.1) is 0 Å². The summed E-state index contributed by atoms with van der Waals surface area (Å²) in [5.41, 5.74) is 0.762. The van der Waals surface area contributed by atoms with E-state index >= 15 is 0 Å². The van der Waals surface area contributed by atoms with E-state index in [0.717, 1.165) is 17.3 Å². The van der Waals surface area contributed by atoms with Gasteiger partial charge in [-0.2, -0.15) is 0 Å². The van der Waals surface area contributed by atoms with Crippen LogP contribution >= 0.6 is 0 Å². The topological polar surface area (TPSA) is 0 Å². The minimum atomic E-state index is 0.762. The molecule has 0 aromatic heterocycles. The molecular weight excluding hydrogens is 180 g/mol. The van der Waals surface area contributed by atoms with Gasteiger partial charge in [-0.25, -0.2) is 0 Å². The minimum absolute atomic E-state index is 0.762. The summed E-state index contributed by atoms with van der Waals surface area (Å²) in [6.07, 6.45) is 15.1. The fourth-order valence-corrected chi connectivity index (χ4v) is 4.69. The monoisotopic (exact) mass is 208 g/mol. The van der Waals surface area contributed by atoms with Crippen LogP contribution in [0.1, 0.15) is 78.1 Å². The second-order valence-electron chi connectivity index (χ2n) is 6.01. The molecule has 2 aliphatic carbocycles. The summed E-state index contributed by atoms with van der Waals surface area (Å²) in [5.74, 6) is 2.21. The van der Waals surface area contributed by atoms with Crippen LogP contribution in [-0.4, -0.2) is 0 Å². The first-order chi connectivity index (χ1) is 7.32. The molecule has 0 aromatic rings. The van der Waals surface area contributed by atoms with Crippen molar-refractivity contribution in [3.05, 3.63) is 0 Å². The van der Waals surface area contributed by atoms with Crippen LogP contribution in [0.15, 0.2) is 0 Å². The Balaban J connectivity index is 2.13. The quantitative estimate of drug-likeness (QED) is 0.600. The molecule has 0 spiro atoms. The van der Waals surface area contributed by atoms with Crippen molar-refractivity contribution < 1.29 is 0 Å². The summed E-state index contributed by atoms with van der Waals surface area (Å²) in [4.78, 5) is 0. The average Bonchev–Trinajstić information content (AvgIpc) is 2.30. The van der Waals surface area contributed by atoms with E-state index in [2.05, 4.69) is 13.8 Å². The van der Waals surface area contributed by atoms with Crippen molar-refractivity contribution in [2.45, 2.75) is 78.1 Å². The maximum absolute atomic E-state index is 2.45. The SMILES string of the molecule is CCCC1(CC)CCCC2CCCCC21. The fraction of sp³-hybridized carbons (Fsp3) is 1.00. The molecule has 0 amide bonds. The Kier molecular flexibility index (Phi) is 3.74. The summed E-state index contributed by atoms with van der Waals surface area (Å²) in [6, 6.07) is 0. The van der Waals surface area contributed by atoms with E-state index in [-0.39, 0.29) is 0 Å². The maximum atomic E-state index is 2.45. The largest absolute Gasteiger partial charge is 0.0654 e. The van der Waals surface area contributed by atoms with Crippen LogP contribution in [0.3, 0.4) is 0 Å². The summed E-state index contributed by atoms with van der Waals surface area (Å²) in [5, 5.41) is 0. The van der Waals surface area contributed by atoms with Crippen LogP contribution < -0.4 is 0 Å². The second-order valence-corrected chi connectivity index (χ2v) is 6.01. The van der Waals surface area contributed by atoms with E-state index in [0.29, 0.717) is 0 Å². The molecule has 0 saturated heterocycles. The average molecular weight is 208 g/mol. The highest BCUT2D eigenvalue weighted by molar-refractivity contribution is 4.94. The van der Waals surface area contributed by atoms with Gasteiger partial charge in [0.15, 0.2) is 0 Å². The lowest BCUT2D eigenvalue weighted by molar-refractivity contribution is 0.000343. The summed E-state index contributed by atoms with van der Waals surface area (Å²) in [6.45, 7) is 4.83. The molecule has 2 rings (SSSR count). The van der Waals surface area contributed by atoms with E-state index in [1.165, 1.54) is 38.5 Å². The Morgan fingerprint density at radius 1 is 1.00 bits per heavy atom. The van der Waals surface area contributed by atoms with Gasteiger partial charge in [-0.05, 0) is 36.5 Å². The fourth-order valence-electron chi connectivity index (χ4n) is 4.69. The second kappa shape index (κ2) is 4.89. The Morgan fingerprint density at radius 2 is 1.73 bits per heavy atom. The van der Waals surface area contributed by atoms with Crippen LogP contribution in [0.2, 0.25) is 0 Å². The van der Waals surface area contributed by atoms with Gasteiger partial charge < -0.3 is 0 Å². The molecule has 0 aromatic carbocycles. The molecule has 15 heavy (non-hydrogen) atoms. The molecule has 0 radical (unpaired) electrons. The first-order valence-electron chi connectivity index (χ1n) is 7.32. The van der Waals surface area contributed by atoms with E-state index in [1.54, 1.807) is 25.7 Å². The molecule has 0 heterocycles. The predicted molar refractivity (Wildman–Crippen MR) is 66.9 cm³/mol. The minimum Gasteiger partial charge on any atom is -0.0654 e. The maximum Gasteiger partial charge on any atom is -0.0269 e. The predicted octanol–water partition coefficient (Wildman–Crippen LogP) is 5.17.